The van der Waals surface area contributed by atoms with Crippen LogP contribution in [0.15, 0.2) is 73.1 Å². The number of aryl methyl sites for hydroxylation is 1. The van der Waals surface area contributed by atoms with Crippen molar-refractivity contribution in [2.24, 2.45) is 7.05 Å². The molecule has 39 heavy (non-hydrogen) atoms. The molecule has 0 saturated carbocycles. The van der Waals surface area contributed by atoms with Gasteiger partial charge in [-0.3, -0.25) is 4.79 Å². The number of imidazole rings is 1. The largest absolute Gasteiger partial charge is 0.486 e. The predicted octanol–water partition coefficient (Wildman–Crippen LogP) is 4.97. The fraction of sp³-hybridized carbons (Fsp3) is 0.167. The van der Waals surface area contributed by atoms with E-state index < -0.39 is 5.97 Å². The summed E-state index contributed by atoms with van der Waals surface area (Å²) in [6.45, 7) is 2.95. The molecule has 0 bridgehead atoms. The number of nitrogens with zero attached hydrogens (tertiary/aromatic N) is 2. The number of esters is 1. The maximum atomic E-state index is 13.4. The monoisotopic (exact) mass is 522 g/mol. The number of fused-ring (bicyclic) bond motifs is 2. The average Bonchev–Trinajstić information content (AvgIpc) is 3.53. The molecule has 9 nitrogen and oxygen atoms in total. The predicted molar refractivity (Wildman–Crippen MR) is 148 cm³/mol. The zero-order chi connectivity index (χ0) is 26.9. The summed E-state index contributed by atoms with van der Waals surface area (Å²) in [4.78, 5) is 30.1. The number of amides is 1. The number of rotatable bonds is 6. The molecular formula is C30H26N4O5. The van der Waals surface area contributed by atoms with Crippen LogP contribution in [0.25, 0.3) is 22.7 Å². The summed E-state index contributed by atoms with van der Waals surface area (Å²) in [5.74, 6) is 1.40. The zero-order valence-corrected chi connectivity index (χ0v) is 21.5. The Hall–Kier alpha value is -5.05. The Morgan fingerprint density at radius 1 is 1.03 bits per heavy atom. The van der Waals surface area contributed by atoms with Gasteiger partial charge in [0.25, 0.3) is 5.91 Å². The fourth-order valence-corrected chi connectivity index (χ4v) is 4.73. The lowest BCUT2D eigenvalue weighted by molar-refractivity contribution is -0.110. The summed E-state index contributed by atoms with van der Waals surface area (Å²) >= 11 is 0. The van der Waals surface area contributed by atoms with Crippen molar-refractivity contribution in [3.63, 3.8) is 0 Å². The molecule has 0 saturated heterocycles. The molecule has 0 spiro atoms. The smallest absolute Gasteiger partial charge is 0.338 e. The van der Waals surface area contributed by atoms with Gasteiger partial charge in [-0.25, -0.2) is 9.78 Å². The van der Waals surface area contributed by atoms with Gasteiger partial charge in [0.1, 0.15) is 19.0 Å². The van der Waals surface area contributed by atoms with Crippen molar-refractivity contribution in [2.75, 3.05) is 30.5 Å². The third-order valence-corrected chi connectivity index (χ3v) is 6.59. The normalized spacial score (nSPS) is 14.9. The highest BCUT2D eigenvalue weighted by molar-refractivity contribution is 6.37. The number of carbonyl (C=O) groups excluding carboxylic acids is 2. The van der Waals surface area contributed by atoms with E-state index >= 15 is 0 Å². The van der Waals surface area contributed by atoms with E-state index in [1.165, 1.54) is 0 Å². The molecule has 3 heterocycles. The van der Waals surface area contributed by atoms with Crippen LogP contribution in [0, 0.1) is 0 Å². The molecule has 196 valence electrons. The minimum absolute atomic E-state index is 0.268. The molecule has 1 amide bonds. The van der Waals surface area contributed by atoms with Crippen LogP contribution in [-0.2, 0) is 16.6 Å². The van der Waals surface area contributed by atoms with Gasteiger partial charge in [-0.15, -0.1) is 0 Å². The SMILES string of the molecule is CCOC(=O)c1ccc2c(c1)NC(=O)/C2=C(\Nc1ccc(-c2nccn2C)cc1)c1ccc2c(c1)OCCO2. The summed E-state index contributed by atoms with van der Waals surface area (Å²) in [7, 11) is 1.95. The minimum Gasteiger partial charge on any atom is -0.486 e. The number of aromatic nitrogens is 2. The third-order valence-electron chi connectivity index (χ3n) is 6.59. The molecule has 9 heteroatoms. The van der Waals surface area contributed by atoms with Crippen molar-refractivity contribution in [2.45, 2.75) is 6.92 Å². The van der Waals surface area contributed by atoms with E-state index in [4.69, 9.17) is 14.2 Å². The van der Waals surface area contributed by atoms with Gasteiger partial charge < -0.3 is 29.4 Å². The van der Waals surface area contributed by atoms with Crippen LogP contribution in [0.2, 0.25) is 0 Å². The molecule has 4 aromatic rings. The number of hydrogen-bond donors (Lipinski definition) is 2. The number of carbonyl (C=O) groups is 2. The summed E-state index contributed by atoms with van der Waals surface area (Å²) < 4.78 is 18.6. The van der Waals surface area contributed by atoms with Crippen LogP contribution in [0.3, 0.4) is 0 Å². The van der Waals surface area contributed by atoms with Gasteiger partial charge in [0.05, 0.1) is 29.1 Å². The molecule has 6 rings (SSSR count). The number of ether oxygens (including phenoxy) is 3. The van der Waals surface area contributed by atoms with Crippen LogP contribution in [0.4, 0.5) is 11.4 Å². The van der Waals surface area contributed by atoms with E-state index in [1.807, 2.05) is 60.3 Å². The van der Waals surface area contributed by atoms with E-state index in [-0.39, 0.29) is 12.5 Å². The average molecular weight is 523 g/mol. The topological polar surface area (TPSA) is 104 Å². The highest BCUT2D eigenvalue weighted by atomic mass is 16.6. The Morgan fingerprint density at radius 3 is 2.54 bits per heavy atom. The molecule has 0 fully saturated rings. The van der Waals surface area contributed by atoms with Gasteiger partial charge in [-0.05, 0) is 61.5 Å². The molecule has 1 aromatic heterocycles. The van der Waals surface area contributed by atoms with Crippen LogP contribution in [-0.4, -0.2) is 41.2 Å². The molecule has 0 unspecified atom stereocenters. The minimum atomic E-state index is -0.440. The summed E-state index contributed by atoms with van der Waals surface area (Å²) in [6.07, 6.45) is 3.66. The Bertz CT molecular complexity index is 1620. The summed E-state index contributed by atoms with van der Waals surface area (Å²) in [5.41, 5.74) is 5.14. The van der Waals surface area contributed by atoms with E-state index in [2.05, 4.69) is 15.6 Å². The van der Waals surface area contributed by atoms with Crippen LogP contribution < -0.4 is 20.1 Å². The van der Waals surface area contributed by atoms with Crippen LogP contribution in [0.5, 0.6) is 11.5 Å². The molecule has 0 aliphatic carbocycles. The first-order valence-corrected chi connectivity index (χ1v) is 12.6. The van der Waals surface area contributed by atoms with Crippen LogP contribution >= 0.6 is 0 Å². The summed E-state index contributed by atoms with van der Waals surface area (Å²) in [6, 6.07) is 18.5. The number of hydrogen-bond acceptors (Lipinski definition) is 7. The Balaban J connectivity index is 1.44. The molecule has 2 aliphatic rings. The van der Waals surface area contributed by atoms with Gasteiger partial charge >= 0.3 is 5.97 Å². The lowest BCUT2D eigenvalue weighted by Crippen LogP contribution is -2.16. The molecule has 2 N–H and O–H groups in total. The molecule has 3 aromatic carbocycles. The van der Waals surface area contributed by atoms with E-state index in [0.717, 1.165) is 22.6 Å². The second kappa shape index (κ2) is 10.0. The van der Waals surface area contributed by atoms with Crippen molar-refractivity contribution < 1.29 is 23.8 Å². The molecule has 2 aliphatic heterocycles. The van der Waals surface area contributed by atoms with Gasteiger partial charge in [-0.2, -0.15) is 0 Å². The second-order valence-electron chi connectivity index (χ2n) is 9.11. The highest BCUT2D eigenvalue weighted by Gasteiger charge is 2.30. The molecule has 0 radical (unpaired) electrons. The maximum Gasteiger partial charge on any atom is 0.338 e. The second-order valence-corrected chi connectivity index (χ2v) is 9.11. The fourth-order valence-electron chi connectivity index (χ4n) is 4.73. The van der Waals surface area contributed by atoms with Crippen molar-refractivity contribution in [1.82, 2.24) is 9.55 Å². The van der Waals surface area contributed by atoms with E-state index in [9.17, 15) is 9.59 Å². The summed E-state index contributed by atoms with van der Waals surface area (Å²) in [5, 5.41) is 6.37. The molecular weight excluding hydrogens is 496 g/mol. The standard InChI is InChI=1S/C30H26N4O5/c1-3-37-30(36)20-6-10-22-23(16-20)33-29(35)26(22)27(19-7-11-24-25(17-19)39-15-14-38-24)32-21-8-4-18(5-9-21)28-31-12-13-34(28)2/h4-13,16-17,32H,3,14-15H2,1-2H3,(H,33,35)/b27-26-. The quantitative estimate of drug-likeness (QED) is 0.272. The zero-order valence-electron chi connectivity index (χ0n) is 21.5. The van der Waals surface area contributed by atoms with Gasteiger partial charge in [0.2, 0.25) is 0 Å². The van der Waals surface area contributed by atoms with Crippen molar-refractivity contribution >= 4 is 34.5 Å². The first kappa shape index (κ1) is 24.3. The molecule has 0 atom stereocenters. The van der Waals surface area contributed by atoms with Gasteiger partial charge in [0, 0.05) is 41.8 Å². The Kier molecular flexibility index (Phi) is 6.24. The first-order valence-electron chi connectivity index (χ1n) is 12.6. The van der Waals surface area contributed by atoms with Crippen molar-refractivity contribution in [3.05, 3.63) is 89.7 Å². The maximum absolute atomic E-state index is 13.4. The highest BCUT2D eigenvalue weighted by Crippen LogP contribution is 2.40. The van der Waals surface area contributed by atoms with E-state index in [0.29, 0.717) is 52.8 Å². The van der Waals surface area contributed by atoms with Crippen molar-refractivity contribution in [3.8, 4) is 22.9 Å². The Labute approximate surface area is 225 Å². The van der Waals surface area contributed by atoms with Crippen LogP contribution in [0.1, 0.15) is 28.4 Å². The van der Waals surface area contributed by atoms with Gasteiger partial charge in [0.15, 0.2) is 11.5 Å². The van der Waals surface area contributed by atoms with E-state index in [1.54, 1.807) is 31.3 Å². The number of nitrogens with one attached hydrogen (secondary N) is 2. The Morgan fingerprint density at radius 2 is 1.79 bits per heavy atom. The van der Waals surface area contributed by atoms with Gasteiger partial charge in [-0.1, -0.05) is 6.07 Å². The number of anilines is 2. The third kappa shape index (κ3) is 4.59. The lowest BCUT2D eigenvalue weighted by atomic mass is 9.98. The first-order chi connectivity index (χ1) is 19.0. The number of benzene rings is 3. The lowest BCUT2D eigenvalue weighted by Gasteiger charge is -2.21. The van der Waals surface area contributed by atoms with Crippen molar-refractivity contribution in [1.29, 1.82) is 0 Å².